The molecule has 0 aliphatic rings. The van der Waals surface area contributed by atoms with Crippen molar-refractivity contribution in [1.29, 1.82) is 0 Å². The van der Waals surface area contributed by atoms with Gasteiger partial charge in [-0.1, -0.05) is 36.8 Å². The molecule has 0 heterocycles. The zero-order valence-electron chi connectivity index (χ0n) is 10.2. The monoisotopic (exact) mass is 220 g/mol. The maximum absolute atomic E-state index is 11.2. The van der Waals surface area contributed by atoms with Crippen molar-refractivity contribution in [2.45, 2.75) is 32.9 Å². The molecule has 1 amide bonds. The maximum atomic E-state index is 11.2. The molecule has 1 atom stereocenters. The van der Waals surface area contributed by atoms with Crippen LogP contribution in [0.4, 0.5) is 0 Å². The number of benzene rings is 1. The minimum Gasteiger partial charge on any atom is -0.368 e. The average Bonchev–Trinajstić information content (AvgIpc) is 2.22. The van der Waals surface area contributed by atoms with Gasteiger partial charge in [-0.15, -0.1) is 0 Å². The Labute approximate surface area is 97.2 Å². The van der Waals surface area contributed by atoms with Gasteiger partial charge in [0, 0.05) is 6.54 Å². The van der Waals surface area contributed by atoms with E-state index < -0.39 is 0 Å². The SMILES string of the molecule is CCC(C(N)=O)N(C)Cc1ccc(C)cc1. The quantitative estimate of drug-likeness (QED) is 0.820. The predicted molar refractivity (Wildman–Crippen MR) is 65.9 cm³/mol. The Morgan fingerprint density at radius 3 is 2.38 bits per heavy atom. The third-order valence-electron chi connectivity index (χ3n) is 2.80. The third-order valence-corrected chi connectivity index (χ3v) is 2.80. The van der Waals surface area contributed by atoms with Gasteiger partial charge in [0.1, 0.15) is 0 Å². The Morgan fingerprint density at radius 1 is 1.38 bits per heavy atom. The number of carbonyl (C=O) groups excluding carboxylic acids is 1. The van der Waals surface area contributed by atoms with E-state index in [1.165, 1.54) is 11.1 Å². The summed E-state index contributed by atoms with van der Waals surface area (Å²) in [5.74, 6) is -0.253. The van der Waals surface area contributed by atoms with Crippen molar-refractivity contribution in [3.63, 3.8) is 0 Å². The van der Waals surface area contributed by atoms with Crippen LogP contribution in [0.5, 0.6) is 0 Å². The van der Waals surface area contributed by atoms with E-state index in [9.17, 15) is 4.79 Å². The molecule has 16 heavy (non-hydrogen) atoms. The first-order chi connectivity index (χ1) is 7.54. The Morgan fingerprint density at radius 2 is 1.94 bits per heavy atom. The topological polar surface area (TPSA) is 46.3 Å². The summed E-state index contributed by atoms with van der Waals surface area (Å²) in [4.78, 5) is 13.2. The number of carbonyl (C=O) groups is 1. The highest BCUT2D eigenvalue weighted by Crippen LogP contribution is 2.09. The van der Waals surface area contributed by atoms with Crippen molar-refractivity contribution in [1.82, 2.24) is 4.90 Å². The molecule has 1 aromatic rings. The summed E-state index contributed by atoms with van der Waals surface area (Å²) >= 11 is 0. The maximum Gasteiger partial charge on any atom is 0.234 e. The van der Waals surface area contributed by atoms with Crippen LogP contribution in [0.3, 0.4) is 0 Å². The Kier molecular flexibility index (Phi) is 4.50. The summed E-state index contributed by atoms with van der Waals surface area (Å²) in [7, 11) is 1.93. The Balaban J connectivity index is 2.66. The van der Waals surface area contributed by atoms with E-state index >= 15 is 0 Å². The third kappa shape index (κ3) is 3.35. The van der Waals surface area contributed by atoms with Crippen molar-refractivity contribution in [3.05, 3.63) is 35.4 Å². The number of amides is 1. The molecule has 0 aromatic heterocycles. The van der Waals surface area contributed by atoms with Crippen LogP contribution in [0, 0.1) is 6.92 Å². The smallest absolute Gasteiger partial charge is 0.234 e. The normalized spacial score (nSPS) is 12.8. The van der Waals surface area contributed by atoms with Crippen LogP contribution in [0.2, 0.25) is 0 Å². The molecular formula is C13H20N2O. The number of primary amides is 1. The van der Waals surface area contributed by atoms with Crippen LogP contribution in [0.1, 0.15) is 24.5 Å². The molecule has 0 saturated heterocycles. The molecule has 88 valence electrons. The van der Waals surface area contributed by atoms with E-state index in [4.69, 9.17) is 5.73 Å². The van der Waals surface area contributed by atoms with Crippen LogP contribution in [0.15, 0.2) is 24.3 Å². The molecule has 0 spiro atoms. The van der Waals surface area contributed by atoms with E-state index in [0.717, 1.165) is 13.0 Å². The molecule has 3 heteroatoms. The van der Waals surface area contributed by atoms with E-state index in [-0.39, 0.29) is 11.9 Å². The molecule has 1 rings (SSSR count). The second-order valence-corrected chi connectivity index (χ2v) is 4.23. The number of aryl methyl sites for hydroxylation is 1. The lowest BCUT2D eigenvalue weighted by Gasteiger charge is -2.24. The van der Waals surface area contributed by atoms with Gasteiger partial charge in [0.25, 0.3) is 0 Å². The van der Waals surface area contributed by atoms with E-state index in [0.29, 0.717) is 0 Å². The Hall–Kier alpha value is -1.35. The van der Waals surface area contributed by atoms with Crippen LogP contribution >= 0.6 is 0 Å². The van der Waals surface area contributed by atoms with Gasteiger partial charge in [0.15, 0.2) is 0 Å². The fraction of sp³-hybridized carbons (Fsp3) is 0.462. The lowest BCUT2D eigenvalue weighted by Crippen LogP contribution is -2.41. The first-order valence-electron chi connectivity index (χ1n) is 5.59. The minimum absolute atomic E-state index is 0.179. The lowest BCUT2D eigenvalue weighted by atomic mass is 10.1. The molecule has 1 aromatic carbocycles. The zero-order valence-corrected chi connectivity index (χ0v) is 10.2. The number of nitrogens with zero attached hydrogens (tertiary/aromatic N) is 1. The minimum atomic E-state index is -0.253. The van der Waals surface area contributed by atoms with Gasteiger partial charge in [0.2, 0.25) is 5.91 Å². The lowest BCUT2D eigenvalue weighted by molar-refractivity contribution is -0.123. The molecule has 0 fully saturated rings. The summed E-state index contributed by atoms with van der Waals surface area (Å²) in [5, 5.41) is 0. The molecule has 1 unspecified atom stereocenters. The van der Waals surface area contributed by atoms with Gasteiger partial charge in [-0.05, 0) is 26.0 Å². The van der Waals surface area contributed by atoms with Gasteiger partial charge >= 0.3 is 0 Å². The fourth-order valence-corrected chi connectivity index (χ4v) is 1.82. The molecule has 0 saturated carbocycles. The number of rotatable bonds is 5. The highest BCUT2D eigenvalue weighted by molar-refractivity contribution is 5.79. The molecule has 3 nitrogen and oxygen atoms in total. The van der Waals surface area contributed by atoms with Crippen molar-refractivity contribution in [2.75, 3.05) is 7.05 Å². The zero-order chi connectivity index (χ0) is 12.1. The van der Waals surface area contributed by atoms with Gasteiger partial charge < -0.3 is 5.73 Å². The van der Waals surface area contributed by atoms with Crippen LogP contribution in [-0.4, -0.2) is 23.9 Å². The van der Waals surface area contributed by atoms with Gasteiger partial charge in [-0.25, -0.2) is 0 Å². The number of nitrogens with two attached hydrogens (primary N) is 1. The van der Waals surface area contributed by atoms with Crippen molar-refractivity contribution in [2.24, 2.45) is 5.73 Å². The highest BCUT2D eigenvalue weighted by atomic mass is 16.1. The molecule has 2 N–H and O–H groups in total. The molecular weight excluding hydrogens is 200 g/mol. The molecule has 0 aliphatic heterocycles. The summed E-state index contributed by atoms with van der Waals surface area (Å²) < 4.78 is 0. The summed E-state index contributed by atoms with van der Waals surface area (Å²) in [6, 6.07) is 8.14. The van der Waals surface area contributed by atoms with Crippen molar-refractivity contribution < 1.29 is 4.79 Å². The molecule has 0 radical (unpaired) electrons. The van der Waals surface area contributed by atoms with E-state index in [1.54, 1.807) is 0 Å². The van der Waals surface area contributed by atoms with Crippen molar-refractivity contribution >= 4 is 5.91 Å². The van der Waals surface area contributed by atoms with Gasteiger partial charge in [-0.3, -0.25) is 9.69 Å². The van der Waals surface area contributed by atoms with E-state index in [2.05, 4.69) is 31.2 Å². The standard InChI is InChI=1S/C13H20N2O/c1-4-12(13(14)16)15(3)9-11-7-5-10(2)6-8-11/h5-8,12H,4,9H2,1-3H3,(H2,14,16). The largest absolute Gasteiger partial charge is 0.368 e. The number of hydrogen-bond acceptors (Lipinski definition) is 2. The fourth-order valence-electron chi connectivity index (χ4n) is 1.82. The van der Waals surface area contributed by atoms with Gasteiger partial charge in [0.05, 0.1) is 6.04 Å². The number of likely N-dealkylation sites (N-methyl/N-ethyl adjacent to an activating group) is 1. The second kappa shape index (κ2) is 5.66. The first-order valence-corrected chi connectivity index (χ1v) is 5.59. The average molecular weight is 220 g/mol. The van der Waals surface area contributed by atoms with Crippen LogP contribution in [-0.2, 0) is 11.3 Å². The molecule has 0 aliphatic carbocycles. The van der Waals surface area contributed by atoms with Crippen LogP contribution < -0.4 is 5.73 Å². The first kappa shape index (κ1) is 12.7. The summed E-state index contributed by atoms with van der Waals surface area (Å²) in [6.45, 7) is 4.79. The predicted octanol–water partition coefficient (Wildman–Crippen LogP) is 1.69. The Bertz CT molecular complexity index is 345. The summed E-state index contributed by atoms with van der Waals surface area (Å²) in [5.41, 5.74) is 7.79. The van der Waals surface area contributed by atoms with Crippen LogP contribution in [0.25, 0.3) is 0 Å². The van der Waals surface area contributed by atoms with Gasteiger partial charge in [-0.2, -0.15) is 0 Å². The highest BCUT2D eigenvalue weighted by Gasteiger charge is 2.18. The van der Waals surface area contributed by atoms with E-state index in [1.807, 2.05) is 18.9 Å². The number of hydrogen-bond donors (Lipinski definition) is 1. The molecule has 0 bridgehead atoms. The van der Waals surface area contributed by atoms with Crippen molar-refractivity contribution in [3.8, 4) is 0 Å². The summed E-state index contributed by atoms with van der Waals surface area (Å²) in [6.07, 6.45) is 0.748. The second-order valence-electron chi connectivity index (χ2n) is 4.23.